The summed E-state index contributed by atoms with van der Waals surface area (Å²) in [6, 6.07) is 0.553. The fourth-order valence-electron chi connectivity index (χ4n) is 1.38. The molecule has 0 aliphatic carbocycles. The molecule has 0 aliphatic heterocycles. The van der Waals surface area contributed by atoms with Crippen molar-refractivity contribution in [3.8, 4) is 11.8 Å². The van der Waals surface area contributed by atoms with E-state index in [1.54, 1.807) is 0 Å². The average molecular weight is 181 g/mol. The number of rotatable bonds is 5. The van der Waals surface area contributed by atoms with E-state index in [1.165, 1.54) is 0 Å². The minimum Gasteiger partial charge on any atom is -0.313 e. The first-order valence-corrected chi connectivity index (χ1v) is 5.26. The lowest BCUT2D eigenvalue weighted by Crippen LogP contribution is -2.36. The summed E-state index contributed by atoms with van der Waals surface area (Å²) in [5, 5.41) is 3.50. The molecule has 0 amide bonds. The van der Waals surface area contributed by atoms with Crippen molar-refractivity contribution in [1.82, 2.24) is 5.32 Å². The quantitative estimate of drug-likeness (QED) is 0.643. The predicted molar refractivity (Wildman–Crippen MR) is 59.5 cm³/mol. The molecule has 0 radical (unpaired) electrons. The van der Waals surface area contributed by atoms with Gasteiger partial charge < -0.3 is 5.32 Å². The molecule has 0 rings (SSSR count). The third-order valence-corrected chi connectivity index (χ3v) is 2.65. The van der Waals surface area contributed by atoms with Crippen molar-refractivity contribution < 1.29 is 0 Å². The van der Waals surface area contributed by atoms with Crippen LogP contribution in [0, 0.1) is 23.7 Å². The fraction of sp³-hybridized carbons (Fsp3) is 0.833. The van der Waals surface area contributed by atoms with E-state index in [0.717, 1.165) is 18.9 Å². The van der Waals surface area contributed by atoms with Crippen molar-refractivity contribution in [2.75, 3.05) is 6.54 Å². The van der Waals surface area contributed by atoms with Gasteiger partial charge in [0.25, 0.3) is 0 Å². The smallest absolute Gasteiger partial charge is 0.0245 e. The molecule has 2 unspecified atom stereocenters. The first kappa shape index (κ1) is 12.5. The summed E-state index contributed by atoms with van der Waals surface area (Å²) in [7, 11) is 0. The topological polar surface area (TPSA) is 12.0 Å². The standard InChI is InChI=1S/C12H23N/c1-6-8-9-12(13-7-2)11(5)10(3)4/h10-13H,7,9H2,1-5H3. The van der Waals surface area contributed by atoms with Crippen molar-refractivity contribution in [2.24, 2.45) is 11.8 Å². The van der Waals surface area contributed by atoms with Gasteiger partial charge in [-0.25, -0.2) is 0 Å². The molecule has 0 aromatic carbocycles. The van der Waals surface area contributed by atoms with Gasteiger partial charge in [-0.05, 0) is 25.3 Å². The van der Waals surface area contributed by atoms with Gasteiger partial charge >= 0.3 is 0 Å². The van der Waals surface area contributed by atoms with Gasteiger partial charge in [0.05, 0.1) is 0 Å². The van der Waals surface area contributed by atoms with E-state index in [4.69, 9.17) is 0 Å². The lowest BCUT2D eigenvalue weighted by molar-refractivity contribution is 0.306. The van der Waals surface area contributed by atoms with Crippen LogP contribution in [0.15, 0.2) is 0 Å². The molecule has 2 atom stereocenters. The second-order valence-electron chi connectivity index (χ2n) is 3.90. The number of nitrogens with one attached hydrogen (secondary N) is 1. The molecule has 0 bridgehead atoms. The van der Waals surface area contributed by atoms with Crippen LogP contribution < -0.4 is 5.32 Å². The van der Waals surface area contributed by atoms with Crippen LogP contribution in [0.5, 0.6) is 0 Å². The molecule has 0 aromatic heterocycles. The van der Waals surface area contributed by atoms with Gasteiger partial charge in [-0.3, -0.25) is 0 Å². The van der Waals surface area contributed by atoms with Gasteiger partial charge in [-0.1, -0.05) is 27.7 Å². The lowest BCUT2D eigenvalue weighted by atomic mass is 9.88. The minimum absolute atomic E-state index is 0.553. The van der Waals surface area contributed by atoms with Crippen LogP contribution in [0.4, 0.5) is 0 Å². The highest BCUT2D eigenvalue weighted by Crippen LogP contribution is 2.16. The molecule has 1 N–H and O–H groups in total. The molecule has 0 aliphatic rings. The first-order valence-electron chi connectivity index (χ1n) is 5.26. The van der Waals surface area contributed by atoms with E-state index in [9.17, 15) is 0 Å². The van der Waals surface area contributed by atoms with Gasteiger partial charge in [0.1, 0.15) is 0 Å². The van der Waals surface area contributed by atoms with Crippen LogP contribution in [-0.4, -0.2) is 12.6 Å². The van der Waals surface area contributed by atoms with Crippen molar-refractivity contribution in [1.29, 1.82) is 0 Å². The Morgan fingerprint density at radius 3 is 2.23 bits per heavy atom. The molecule has 0 saturated heterocycles. The van der Waals surface area contributed by atoms with Crippen molar-refractivity contribution in [3.63, 3.8) is 0 Å². The monoisotopic (exact) mass is 181 g/mol. The van der Waals surface area contributed by atoms with E-state index in [-0.39, 0.29) is 0 Å². The van der Waals surface area contributed by atoms with Gasteiger partial charge in [0.2, 0.25) is 0 Å². The Morgan fingerprint density at radius 2 is 1.85 bits per heavy atom. The second-order valence-corrected chi connectivity index (χ2v) is 3.90. The third-order valence-electron chi connectivity index (χ3n) is 2.65. The third kappa shape index (κ3) is 4.95. The Kier molecular flexibility index (Phi) is 6.72. The van der Waals surface area contributed by atoms with E-state index in [2.05, 4.69) is 44.9 Å². The largest absolute Gasteiger partial charge is 0.313 e. The Balaban J connectivity index is 4.11. The summed E-state index contributed by atoms with van der Waals surface area (Å²) in [5.41, 5.74) is 0. The highest BCUT2D eigenvalue weighted by Gasteiger charge is 2.17. The fourth-order valence-corrected chi connectivity index (χ4v) is 1.38. The van der Waals surface area contributed by atoms with Gasteiger partial charge in [-0.2, -0.15) is 0 Å². The first-order chi connectivity index (χ1) is 6.13. The van der Waals surface area contributed by atoms with E-state index in [0.29, 0.717) is 12.0 Å². The van der Waals surface area contributed by atoms with Crippen molar-refractivity contribution in [3.05, 3.63) is 0 Å². The summed E-state index contributed by atoms with van der Waals surface area (Å²) in [4.78, 5) is 0. The molecular formula is C12H23N. The van der Waals surface area contributed by atoms with Gasteiger partial charge in [0.15, 0.2) is 0 Å². The normalized spacial score (nSPS) is 14.9. The molecule has 0 aromatic rings. The Bertz CT molecular complexity index is 173. The summed E-state index contributed by atoms with van der Waals surface area (Å²) in [5.74, 6) is 7.54. The zero-order valence-corrected chi connectivity index (χ0v) is 9.65. The maximum atomic E-state index is 3.50. The van der Waals surface area contributed by atoms with E-state index < -0.39 is 0 Å². The molecule has 0 spiro atoms. The molecule has 0 saturated carbocycles. The zero-order chi connectivity index (χ0) is 10.3. The van der Waals surface area contributed by atoms with Crippen LogP contribution in [-0.2, 0) is 0 Å². The number of hydrogen-bond acceptors (Lipinski definition) is 1. The van der Waals surface area contributed by atoms with Crippen LogP contribution in [0.25, 0.3) is 0 Å². The van der Waals surface area contributed by atoms with Crippen LogP contribution >= 0.6 is 0 Å². The van der Waals surface area contributed by atoms with Crippen molar-refractivity contribution >= 4 is 0 Å². The number of hydrogen-bond donors (Lipinski definition) is 1. The van der Waals surface area contributed by atoms with Crippen LogP contribution in [0.2, 0.25) is 0 Å². The maximum Gasteiger partial charge on any atom is 0.0245 e. The molecule has 13 heavy (non-hydrogen) atoms. The van der Waals surface area contributed by atoms with E-state index >= 15 is 0 Å². The summed E-state index contributed by atoms with van der Waals surface area (Å²) in [6.45, 7) is 11.9. The summed E-state index contributed by atoms with van der Waals surface area (Å²) >= 11 is 0. The molecule has 0 heterocycles. The highest BCUT2D eigenvalue weighted by atomic mass is 14.9. The molecule has 76 valence electrons. The molecular weight excluding hydrogens is 158 g/mol. The SMILES string of the molecule is CC#CCC(NCC)C(C)C(C)C. The van der Waals surface area contributed by atoms with Gasteiger partial charge in [0, 0.05) is 12.5 Å². The van der Waals surface area contributed by atoms with Crippen LogP contribution in [0.3, 0.4) is 0 Å². The maximum absolute atomic E-state index is 3.50. The zero-order valence-electron chi connectivity index (χ0n) is 9.65. The highest BCUT2D eigenvalue weighted by molar-refractivity contribution is 4.99. The predicted octanol–water partition coefficient (Wildman–Crippen LogP) is 2.67. The molecule has 1 heteroatoms. The summed E-state index contributed by atoms with van der Waals surface area (Å²) < 4.78 is 0. The average Bonchev–Trinajstić information content (AvgIpc) is 2.11. The summed E-state index contributed by atoms with van der Waals surface area (Å²) in [6.07, 6.45) is 0.976. The Labute approximate surface area is 83.3 Å². The van der Waals surface area contributed by atoms with Crippen LogP contribution in [0.1, 0.15) is 41.0 Å². The Hall–Kier alpha value is -0.480. The minimum atomic E-state index is 0.553. The van der Waals surface area contributed by atoms with Gasteiger partial charge in [-0.15, -0.1) is 11.8 Å². The van der Waals surface area contributed by atoms with E-state index in [1.807, 2.05) is 6.92 Å². The molecule has 0 fully saturated rings. The lowest BCUT2D eigenvalue weighted by Gasteiger charge is -2.26. The van der Waals surface area contributed by atoms with Crippen molar-refractivity contribution in [2.45, 2.75) is 47.1 Å². The molecule has 1 nitrogen and oxygen atoms in total. The second kappa shape index (κ2) is 6.97. The Morgan fingerprint density at radius 1 is 1.23 bits per heavy atom.